The van der Waals surface area contributed by atoms with Crippen LogP contribution >= 0.6 is 0 Å². The summed E-state index contributed by atoms with van der Waals surface area (Å²) in [5, 5.41) is 3.66. The molecule has 0 bridgehead atoms. The lowest BCUT2D eigenvalue weighted by molar-refractivity contribution is 0.00578. The van der Waals surface area contributed by atoms with Crippen molar-refractivity contribution in [1.29, 1.82) is 0 Å². The molecule has 0 radical (unpaired) electrons. The van der Waals surface area contributed by atoms with E-state index >= 15 is 0 Å². The second-order valence-electron chi connectivity index (χ2n) is 9.83. The lowest BCUT2D eigenvalue weighted by Gasteiger charge is -2.32. The van der Waals surface area contributed by atoms with Crippen LogP contribution in [0.5, 0.6) is 0 Å². The summed E-state index contributed by atoms with van der Waals surface area (Å²) in [6.45, 7) is 13.6. The summed E-state index contributed by atoms with van der Waals surface area (Å²) < 4.78 is 17.8. The Morgan fingerprint density at radius 2 is 1.84 bits per heavy atom. The number of hydrogen-bond acceptors (Lipinski definition) is 5. The number of benzene rings is 1. The van der Waals surface area contributed by atoms with Gasteiger partial charge < -0.3 is 24.3 Å². The van der Waals surface area contributed by atoms with E-state index in [0.29, 0.717) is 5.56 Å². The lowest BCUT2D eigenvalue weighted by Crippen LogP contribution is -2.41. The molecule has 1 fully saturated rings. The molecule has 8 heteroatoms. The van der Waals surface area contributed by atoms with Crippen LogP contribution < -0.4 is 5.32 Å². The highest BCUT2D eigenvalue weighted by Gasteiger charge is 2.52. The highest BCUT2D eigenvalue weighted by atomic mass is 16.7. The number of alkyl carbamates (subject to hydrolysis) is 1. The van der Waals surface area contributed by atoms with Crippen LogP contribution in [-0.2, 0) is 14.0 Å². The van der Waals surface area contributed by atoms with Gasteiger partial charge in [-0.15, -0.1) is 0 Å². The van der Waals surface area contributed by atoms with Gasteiger partial charge in [-0.1, -0.05) is 18.2 Å². The molecule has 1 amide bonds. The molecule has 7 nitrogen and oxygen atoms in total. The maximum absolute atomic E-state index is 12.2. The number of nitrogens with one attached hydrogen (secondary N) is 2. The van der Waals surface area contributed by atoms with Gasteiger partial charge >= 0.3 is 13.2 Å². The topological polar surface area (TPSA) is 89.7 Å². The molecule has 0 unspecified atom stereocenters. The summed E-state index contributed by atoms with van der Waals surface area (Å²) in [5.41, 5.74) is 1.50. The number of amides is 1. The van der Waals surface area contributed by atoms with Gasteiger partial charge in [0.2, 0.25) is 0 Å². The van der Waals surface area contributed by atoms with Gasteiger partial charge in [-0.3, -0.25) is 4.79 Å². The molecule has 0 spiro atoms. The molecular weight excluding hydrogens is 395 g/mol. The monoisotopic (exact) mass is 426 g/mol. The molecule has 1 saturated heterocycles. The van der Waals surface area contributed by atoms with E-state index in [1.165, 1.54) is 0 Å². The predicted molar refractivity (Wildman–Crippen MR) is 122 cm³/mol. The first-order chi connectivity index (χ1) is 14.3. The summed E-state index contributed by atoms with van der Waals surface area (Å²) in [5.74, 6) is 0. The Kier molecular flexibility index (Phi) is 6.08. The quantitative estimate of drug-likeness (QED) is 0.542. The third-order valence-electron chi connectivity index (χ3n) is 5.61. The van der Waals surface area contributed by atoms with Crippen LogP contribution in [0.2, 0.25) is 0 Å². The Morgan fingerprint density at radius 1 is 1.19 bits per heavy atom. The second-order valence-corrected chi connectivity index (χ2v) is 9.83. The Bertz CT molecular complexity index is 1000. The number of rotatable bonds is 5. The minimum atomic E-state index is -0.621. The summed E-state index contributed by atoms with van der Waals surface area (Å²) in [4.78, 5) is 26.5. The van der Waals surface area contributed by atoms with Crippen molar-refractivity contribution in [2.75, 3.05) is 6.54 Å². The van der Waals surface area contributed by atoms with Crippen LogP contribution in [0.1, 0.15) is 64.4 Å². The smallest absolute Gasteiger partial charge is 0.444 e. The zero-order valence-electron chi connectivity index (χ0n) is 19.3. The fraction of sp³-hybridized carbons (Fsp3) is 0.478. The van der Waals surface area contributed by atoms with E-state index in [0.717, 1.165) is 28.2 Å². The van der Waals surface area contributed by atoms with Crippen LogP contribution in [-0.4, -0.2) is 47.8 Å². The van der Waals surface area contributed by atoms with Gasteiger partial charge in [0.05, 0.1) is 11.2 Å². The zero-order chi connectivity index (χ0) is 23.0. The number of aldehydes is 1. The van der Waals surface area contributed by atoms with Crippen LogP contribution in [0.4, 0.5) is 4.79 Å². The van der Waals surface area contributed by atoms with Crippen LogP contribution in [0.3, 0.4) is 0 Å². The molecule has 1 aromatic carbocycles. The molecule has 1 aliphatic heterocycles. The summed E-state index contributed by atoms with van der Waals surface area (Å²) in [6, 6.07) is 5.76. The molecule has 1 aliphatic rings. The number of aromatic amines is 1. The van der Waals surface area contributed by atoms with E-state index in [1.54, 1.807) is 6.20 Å². The molecule has 0 aliphatic carbocycles. The number of hydrogen-bond donors (Lipinski definition) is 2. The van der Waals surface area contributed by atoms with E-state index in [1.807, 2.05) is 72.7 Å². The normalized spacial score (nSPS) is 18.3. The van der Waals surface area contributed by atoms with Crippen LogP contribution in [0, 0.1) is 0 Å². The molecule has 2 heterocycles. The molecule has 0 saturated carbocycles. The molecule has 3 rings (SSSR count). The number of aromatic nitrogens is 1. The summed E-state index contributed by atoms with van der Waals surface area (Å²) >= 11 is 0. The number of carbonyl (C=O) groups excluding carboxylic acids is 2. The van der Waals surface area contributed by atoms with Gasteiger partial charge in [0.25, 0.3) is 0 Å². The maximum Gasteiger partial charge on any atom is 0.492 e. The minimum absolute atomic E-state index is 0.202. The molecule has 31 heavy (non-hydrogen) atoms. The highest BCUT2D eigenvalue weighted by molar-refractivity contribution is 6.56. The summed E-state index contributed by atoms with van der Waals surface area (Å²) in [6.07, 6.45) is 3.94. The van der Waals surface area contributed by atoms with Crippen molar-refractivity contribution in [1.82, 2.24) is 10.3 Å². The highest BCUT2D eigenvalue weighted by Crippen LogP contribution is 2.38. The Hall–Kier alpha value is -2.58. The average Bonchev–Trinajstić information content (AvgIpc) is 3.13. The van der Waals surface area contributed by atoms with Crippen molar-refractivity contribution in [3.63, 3.8) is 0 Å². The molecule has 2 N–H and O–H groups in total. The fourth-order valence-corrected chi connectivity index (χ4v) is 3.25. The number of ether oxygens (including phenoxy) is 1. The van der Waals surface area contributed by atoms with Gasteiger partial charge in [0.15, 0.2) is 6.29 Å². The fourth-order valence-electron chi connectivity index (χ4n) is 3.25. The van der Waals surface area contributed by atoms with E-state index in [2.05, 4.69) is 10.3 Å². The first kappa shape index (κ1) is 23.1. The zero-order valence-corrected chi connectivity index (χ0v) is 19.3. The van der Waals surface area contributed by atoms with Gasteiger partial charge in [0, 0.05) is 29.2 Å². The van der Waals surface area contributed by atoms with E-state index < -0.39 is 30.0 Å². The lowest BCUT2D eigenvalue weighted by atomic mass is 9.77. The van der Waals surface area contributed by atoms with Gasteiger partial charge in [-0.2, -0.15) is 0 Å². The minimum Gasteiger partial charge on any atom is -0.444 e. The van der Waals surface area contributed by atoms with E-state index in [4.69, 9.17) is 14.0 Å². The van der Waals surface area contributed by atoms with Gasteiger partial charge in [-0.25, -0.2) is 4.79 Å². The van der Waals surface area contributed by atoms with Gasteiger partial charge in [0.1, 0.15) is 5.60 Å². The van der Waals surface area contributed by atoms with Crippen molar-refractivity contribution in [2.45, 2.75) is 65.3 Å². The Balaban J connectivity index is 1.90. The standard InChI is InChI=1S/C23H31BN2O5/c1-21(2,3)29-20(28)26-13-17(24-30-22(4,5)23(6,7)31-24)10-15-8-9-18-16(14-27)12-25-19(18)11-15/h8-12,14,25H,13H2,1-7H3,(H,26,28). The number of fused-ring (bicyclic) bond motifs is 1. The largest absolute Gasteiger partial charge is 0.492 e. The summed E-state index contributed by atoms with van der Waals surface area (Å²) in [7, 11) is -0.621. The van der Waals surface area contributed by atoms with Crippen molar-refractivity contribution in [3.8, 4) is 0 Å². The third-order valence-corrected chi connectivity index (χ3v) is 5.61. The van der Waals surface area contributed by atoms with E-state index in [-0.39, 0.29) is 6.54 Å². The average molecular weight is 426 g/mol. The molecule has 0 atom stereocenters. The molecule has 166 valence electrons. The molecular formula is C23H31BN2O5. The molecule has 1 aromatic heterocycles. The Morgan fingerprint density at radius 3 is 2.42 bits per heavy atom. The first-order valence-electron chi connectivity index (χ1n) is 10.4. The van der Waals surface area contributed by atoms with Crippen molar-refractivity contribution in [3.05, 3.63) is 41.0 Å². The maximum atomic E-state index is 12.2. The number of carbonyl (C=O) groups is 2. The van der Waals surface area contributed by atoms with Crippen molar-refractivity contribution < 1.29 is 23.6 Å². The van der Waals surface area contributed by atoms with Crippen LogP contribution in [0.25, 0.3) is 17.0 Å². The first-order valence-corrected chi connectivity index (χ1v) is 10.4. The second kappa shape index (κ2) is 8.17. The van der Waals surface area contributed by atoms with Crippen molar-refractivity contribution >= 4 is 36.5 Å². The predicted octanol–water partition coefficient (Wildman–Crippen LogP) is 4.52. The van der Waals surface area contributed by atoms with Gasteiger partial charge in [-0.05, 0) is 65.6 Å². The third kappa shape index (κ3) is 5.19. The SMILES string of the molecule is CC(C)(C)OC(=O)NCC(=Cc1ccc2c(C=O)c[nH]c2c1)B1OC(C)(C)C(C)(C)O1. The Labute approximate surface area is 183 Å². The number of H-pyrrole nitrogens is 1. The van der Waals surface area contributed by atoms with Crippen LogP contribution in [0.15, 0.2) is 29.9 Å². The van der Waals surface area contributed by atoms with Crippen molar-refractivity contribution in [2.24, 2.45) is 0 Å². The van der Waals surface area contributed by atoms with E-state index in [9.17, 15) is 9.59 Å². The molecule has 2 aromatic rings.